The minimum atomic E-state index is -0.907. The first-order valence-corrected chi connectivity index (χ1v) is 5.86. The summed E-state index contributed by atoms with van der Waals surface area (Å²) in [4.78, 5) is 14.4. The van der Waals surface area contributed by atoms with Crippen LogP contribution in [-0.2, 0) is 9.53 Å². The predicted molar refractivity (Wildman–Crippen MR) is 67.8 cm³/mol. The van der Waals surface area contributed by atoms with Crippen molar-refractivity contribution in [3.8, 4) is 0 Å². The van der Waals surface area contributed by atoms with Crippen LogP contribution >= 0.6 is 0 Å². The number of carbonyl (C=O) groups is 1. The molecule has 0 bridgehead atoms. The van der Waals surface area contributed by atoms with Crippen molar-refractivity contribution in [3.05, 3.63) is 46.1 Å². The van der Waals surface area contributed by atoms with Gasteiger partial charge in [0.15, 0.2) is 0 Å². The zero-order valence-electron chi connectivity index (χ0n) is 10.5. The molecule has 7 heteroatoms. The number of nitrogens with zero attached hydrogens (tertiary/aromatic N) is 3. The van der Waals surface area contributed by atoms with E-state index in [-0.39, 0.29) is 25.3 Å². The number of benzene rings is 1. The Kier molecular flexibility index (Phi) is 6.35. The summed E-state index contributed by atoms with van der Waals surface area (Å²) in [5, 5.41) is 6.15. The van der Waals surface area contributed by atoms with Crippen molar-refractivity contribution >= 4 is 5.97 Å². The molecule has 1 N–H and O–H groups in total. The molecule has 1 atom stereocenters. The first-order valence-electron chi connectivity index (χ1n) is 5.86. The molecule has 1 unspecified atom stereocenters. The lowest BCUT2D eigenvalue weighted by atomic mass is 10.1. The summed E-state index contributed by atoms with van der Waals surface area (Å²) in [6.07, 6.45) is 0. The van der Waals surface area contributed by atoms with Crippen LogP contribution in [-0.4, -0.2) is 25.7 Å². The maximum atomic E-state index is 13.7. The van der Waals surface area contributed by atoms with E-state index in [4.69, 9.17) is 10.3 Å². The van der Waals surface area contributed by atoms with Gasteiger partial charge in [-0.15, -0.1) is 0 Å². The van der Waals surface area contributed by atoms with E-state index >= 15 is 0 Å². The number of azide groups is 1. The molecular weight excluding hydrogens is 251 g/mol. The minimum absolute atomic E-state index is 0.168. The molecule has 0 radical (unpaired) electrons. The molecule has 1 rings (SSSR count). The second-order valence-corrected chi connectivity index (χ2v) is 3.62. The lowest BCUT2D eigenvalue weighted by molar-refractivity contribution is -0.145. The maximum absolute atomic E-state index is 13.7. The lowest BCUT2D eigenvalue weighted by Crippen LogP contribution is -2.32. The Morgan fingerprint density at radius 3 is 2.95 bits per heavy atom. The van der Waals surface area contributed by atoms with E-state index in [1.54, 1.807) is 19.1 Å². The molecule has 0 aliphatic carbocycles. The largest absolute Gasteiger partial charge is 0.465 e. The van der Waals surface area contributed by atoms with Gasteiger partial charge >= 0.3 is 5.97 Å². The van der Waals surface area contributed by atoms with Crippen LogP contribution in [0.1, 0.15) is 18.5 Å². The van der Waals surface area contributed by atoms with Gasteiger partial charge in [-0.3, -0.25) is 0 Å². The number of ether oxygens (including phenoxy) is 1. The van der Waals surface area contributed by atoms with Crippen LogP contribution in [0.2, 0.25) is 0 Å². The van der Waals surface area contributed by atoms with Crippen LogP contribution in [0.4, 0.5) is 4.39 Å². The Morgan fingerprint density at radius 1 is 1.58 bits per heavy atom. The van der Waals surface area contributed by atoms with Gasteiger partial charge in [-0.05, 0) is 18.5 Å². The van der Waals surface area contributed by atoms with Crippen LogP contribution in [0.25, 0.3) is 10.4 Å². The minimum Gasteiger partial charge on any atom is -0.465 e. The van der Waals surface area contributed by atoms with Gasteiger partial charge in [0.1, 0.15) is 11.9 Å². The number of esters is 1. The monoisotopic (exact) mass is 266 g/mol. The highest BCUT2D eigenvalue weighted by Gasteiger charge is 2.23. The Hall–Kier alpha value is -2.11. The SMILES string of the molecule is CCOC(=O)C(NCCN=[N+]=[N-])c1ccccc1F. The summed E-state index contributed by atoms with van der Waals surface area (Å²) >= 11 is 0. The second kappa shape index (κ2) is 8.07. The molecule has 0 fully saturated rings. The quantitative estimate of drug-likeness (QED) is 0.270. The van der Waals surface area contributed by atoms with Gasteiger partial charge in [-0.1, -0.05) is 23.3 Å². The third kappa shape index (κ3) is 4.57. The molecule has 1 aromatic carbocycles. The Bertz CT molecular complexity index is 475. The smallest absolute Gasteiger partial charge is 0.327 e. The van der Waals surface area contributed by atoms with Crippen molar-refractivity contribution < 1.29 is 13.9 Å². The van der Waals surface area contributed by atoms with Gasteiger partial charge in [0, 0.05) is 23.6 Å². The highest BCUT2D eigenvalue weighted by molar-refractivity contribution is 5.77. The summed E-state index contributed by atoms with van der Waals surface area (Å²) in [5.41, 5.74) is 8.38. The molecule has 0 spiro atoms. The van der Waals surface area contributed by atoms with Gasteiger partial charge in [-0.25, -0.2) is 9.18 Å². The number of rotatable bonds is 7. The molecule has 0 saturated carbocycles. The molecule has 0 amide bonds. The molecule has 19 heavy (non-hydrogen) atoms. The van der Waals surface area contributed by atoms with Crippen molar-refractivity contribution in [1.82, 2.24) is 5.32 Å². The third-order valence-electron chi connectivity index (χ3n) is 2.36. The van der Waals surface area contributed by atoms with Crippen LogP contribution < -0.4 is 5.32 Å². The molecule has 0 heterocycles. The highest BCUT2D eigenvalue weighted by atomic mass is 19.1. The first kappa shape index (κ1) is 14.9. The van der Waals surface area contributed by atoms with E-state index in [0.29, 0.717) is 0 Å². The van der Waals surface area contributed by atoms with E-state index in [2.05, 4.69) is 15.3 Å². The molecule has 0 aromatic heterocycles. The van der Waals surface area contributed by atoms with E-state index < -0.39 is 17.8 Å². The van der Waals surface area contributed by atoms with E-state index in [1.165, 1.54) is 12.1 Å². The standard InChI is InChI=1S/C12H15FN4O2/c1-2-19-12(18)11(15-7-8-16-17-14)9-5-3-4-6-10(9)13/h3-6,11,15H,2,7-8H2,1H3. The zero-order valence-corrected chi connectivity index (χ0v) is 10.5. The van der Waals surface area contributed by atoms with Crippen LogP contribution in [0.5, 0.6) is 0 Å². The number of carbonyl (C=O) groups excluding carboxylic acids is 1. The fraction of sp³-hybridized carbons (Fsp3) is 0.417. The number of nitrogens with one attached hydrogen (secondary N) is 1. The van der Waals surface area contributed by atoms with Crippen molar-refractivity contribution in [2.24, 2.45) is 5.11 Å². The van der Waals surface area contributed by atoms with Crippen molar-refractivity contribution in [2.45, 2.75) is 13.0 Å². The Balaban J connectivity index is 2.83. The molecule has 0 aliphatic rings. The molecule has 0 saturated heterocycles. The average Bonchev–Trinajstić information content (AvgIpc) is 2.40. The predicted octanol–water partition coefficient (Wildman–Crippen LogP) is 2.33. The molecule has 1 aromatic rings. The van der Waals surface area contributed by atoms with Crippen LogP contribution in [0.3, 0.4) is 0 Å². The van der Waals surface area contributed by atoms with Crippen molar-refractivity contribution in [3.63, 3.8) is 0 Å². The number of hydrogen-bond acceptors (Lipinski definition) is 4. The van der Waals surface area contributed by atoms with E-state index in [9.17, 15) is 9.18 Å². The molecule has 102 valence electrons. The average molecular weight is 266 g/mol. The maximum Gasteiger partial charge on any atom is 0.327 e. The van der Waals surface area contributed by atoms with Crippen LogP contribution in [0, 0.1) is 5.82 Å². The van der Waals surface area contributed by atoms with Crippen molar-refractivity contribution in [1.29, 1.82) is 0 Å². The Labute approximate surface area is 110 Å². The molecule has 0 aliphatic heterocycles. The fourth-order valence-electron chi connectivity index (χ4n) is 1.56. The first-order chi connectivity index (χ1) is 9.20. The van der Waals surface area contributed by atoms with Crippen molar-refractivity contribution in [2.75, 3.05) is 19.7 Å². The van der Waals surface area contributed by atoms with Gasteiger partial charge < -0.3 is 10.1 Å². The normalized spacial score (nSPS) is 11.5. The Morgan fingerprint density at radius 2 is 2.32 bits per heavy atom. The summed E-state index contributed by atoms with van der Waals surface area (Å²) in [6.45, 7) is 2.31. The number of halogens is 1. The zero-order chi connectivity index (χ0) is 14.1. The molecule has 6 nitrogen and oxygen atoms in total. The molecular formula is C12H15FN4O2. The van der Waals surface area contributed by atoms with Crippen LogP contribution in [0.15, 0.2) is 29.4 Å². The van der Waals surface area contributed by atoms with E-state index in [1.807, 2.05) is 0 Å². The number of hydrogen-bond donors (Lipinski definition) is 1. The van der Waals surface area contributed by atoms with Gasteiger partial charge in [0.05, 0.1) is 6.61 Å². The van der Waals surface area contributed by atoms with Gasteiger partial charge in [-0.2, -0.15) is 0 Å². The van der Waals surface area contributed by atoms with Gasteiger partial charge in [0.25, 0.3) is 0 Å². The fourth-order valence-corrected chi connectivity index (χ4v) is 1.56. The third-order valence-corrected chi connectivity index (χ3v) is 2.36. The summed E-state index contributed by atoms with van der Waals surface area (Å²) < 4.78 is 18.6. The lowest BCUT2D eigenvalue weighted by Gasteiger charge is -2.17. The summed E-state index contributed by atoms with van der Waals surface area (Å²) in [7, 11) is 0. The van der Waals surface area contributed by atoms with E-state index in [0.717, 1.165) is 0 Å². The second-order valence-electron chi connectivity index (χ2n) is 3.62. The highest BCUT2D eigenvalue weighted by Crippen LogP contribution is 2.18. The topological polar surface area (TPSA) is 87.1 Å². The summed E-state index contributed by atoms with van der Waals surface area (Å²) in [6, 6.07) is 5.06. The summed E-state index contributed by atoms with van der Waals surface area (Å²) in [5.74, 6) is -1.05. The van der Waals surface area contributed by atoms with Gasteiger partial charge in [0.2, 0.25) is 0 Å².